The molecule has 0 saturated carbocycles. The minimum absolute atomic E-state index is 0.737. The SMILES string of the molecule is Cc1csc2c1C=CC(C)C2. The van der Waals surface area contributed by atoms with Gasteiger partial charge >= 0.3 is 0 Å². The van der Waals surface area contributed by atoms with Crippen LogP contribution in [0.1, 0.15) is 22.9 Å². The maximum Gasteiger partial charge on any atom is 0.0126 e. The lowest BCUT2D eigenvalue weighted by atomic mass is 9.96. The van der Waals surface area contributed by atoms with E-state index in [1.54, 1.807) is 4.88 Å². The maximum atomic E-state index is 2.31. The Labute approximate surface area is 71.6 Å². The number of aryl methyl sites for hydroxylation is 1. The molecule has 1 aliphatic carbocycles. The van der Waals surface area contributed by atoms with Crippen LogP contribution < -0.4 is 0 Å². The molecule has 0 radical (unpaired) electrons. The third-order valence-electron chi connectivity index (χ3n) is 2.20. The Balaban J connectivity index is 2.48. The fourth-order valence-corrected chi connectivity index (χ4v) is 2.67. The molecule has 0 spiro atoms. The Morgan fingerprint density at radius 2 is 2.36 bits per heavy atom. The van der Waals surface area contributed by atoms with Crippen molar-refractivity contribution in [1.82, 2.24) is 0 Å². The van der Waals surface area contributed by atoms with E-state index in [0.29, 0.717) is 0 Å². The van der Waals surface area contributed by atoms with E-state index in [1.807, 2.05) is 11.3 Å². The van der Waals surface area contributed by atoms with E-state index in [0.717, 1.165) is 5.92 Å². The number of hydrogen-bond donors (Lipinski definition) is 0. The predicted molar refractivity (Wildman–Crippen MR) is 51.0 cm³/mol. The van der Waals surface area contributed by atoms with E-state index in [-0.39, 0.29) is 0 Å². The minimum atomic E-state index is 0.737. The minimum Gasteiger partial charge on any atom is -0.148 e. The second kappa shape index (κ2) is 2.49. The molecule has 1 aliphatic rings. The van der Waals surface area contributed by atoms with Crippen molar-refractivity contribution >= 4 is 17.4 Å². The molecule has 0 N–H and O–H groups in total. The first-order valence-corrected chi connectivity index (χ1v) is 4.90. The molecule has 11 heavy (non-hydrogen) atoms. The van der Waals surface area contributed by atoms with Gasteiger partial charge in [-0.05, 0) is 35.8 Å². The van der Waals surface area contributed by atoms with Crippen molar-refractivity contribution in [2.45, 2.75) is 20.3 Å². The first-order chi connectivity index (χ1) is 5.27. The second-order valence-corrected chi connectivity index (χ2v) is 4.26. The van der Waals surface area contributed by atoms with Gasteiger partial charge in [0, 0.05) is 4.88 Å². The number of fused-ring (bicyclic) bond motifs is 1. The predicted octanol–water partition coefficient (Wildman–Crippen LogP) is 3.26. The third-order valence-corrected chi connectivity index (χ3v) is 3.34. The standard InChI is InChI=1S/C10H12S/c1-7-3-4-9-8(2)6-11-10(9)5-7/h3-4,6-7H,5H2,1-2H3. The van der Waals surface area contributed by atoms with Gasteiger partial charge in [0.15, 0.2) is 0 Å². The third kappa shape index (κ3) is 1.14. The molecule has 1 heteroatoms. The summed E-state index contributed by atoms with van der Waals surface area (Å²) in [5.41, 5.74) is 2.92. The molecule has 1 atom stereocenters. The molecule has 0 aliphatic heterocycles. The number of rotatable bonds is 0. The van der Waals surface area contributed by atoms with Gasteiger partial charge in [0.1, 0.15) is 0 Å². The molecule has 1 unspecified atom stereocenters. The first-order valence-electron chi connectivity index (χ1n) is 4.02. The molecule has 1 aromatic rings. The topological polar surface area (TPSA) is 0 Å². The van der Waals surface area contributed by atoms with E-state index in [1.165, 1.54) is 17.5 Å². The molecule has 0 amide bonds. The highest BCUT2D eigenvalue weighted by Crippen LogP contribution is 2.30. The van der Waals surface area contributed by atoms with Crippen molar-refractivity contribution in [3.8, 4) is 0 Å². The van der Waals surface area contributed by atoms with Crippen LogP contribution >= 0.6 is 11.3 Å². The summed E-state index contributed by atoms with van der Waals surface area (Å²) >= 11 is 1.90. The summed E-state index contributed by atoms with van der Waals surface area (Å²) in [6, 6.07) is 0. The number of allylic oxidation sites excluding steroid dienone is 1. The first kappa shape index (κ1) is 7.11. The van der Waals surface area contributed by atoms with Crippen molar-refractivity contribution in [3.05, 3.63) is 27.5 Å². The zero-order valence-electron chi connectivity index (χ0n) is 6.92. The Kier molecular flexibility index (Phi) is 1.61. The molecule has 0 saturated heterocycles. The van der Waals surface area contributed by atoms with Crippen molar-refractivity contribution in [2.75, 3.05) is 0 Å². The fourth-order valence-electron chi connectivity index (χ4n) is 1.51. The normalized spacial score (nSPS) is 21.8. The zero-order chi connectivity index (χ0) is 7.84. The van der Waals surface area contributed by atoms with Crippen LogP contribution in [0.25, 0.3) is 6.08 Å². The molecule has 0 aromatic carbocycles. The summed E-state index contributed by atoms with van der Waals surface area (Å²) < 4.78 is 0. The Morgan fingerprint density at radius 1 is 1.55 bits per heavy atom. The van der Waals surface area contributed by atoms with E-state index < -0.39 is 0 Å². The van der Waals surface area contributed by atoms with E-state index in [2.05, 4.69) is 31.4 Å². The van der Waals surface area contributed by atoms with Crippen LogP contribution in [-0.2, 0) is 6.42 Å². The molecule has 0 nitrogen and oxygen atoms in total. The molecule has 1 aromatic heterocycles. The van der Waals surface area contributed by atoms with Gasteiger partial charge in [-0.1, -0.05) is 19.1 Å². The van der Waals surface area contributed by atoms with Crippen LogP contribution in [0.15, 0.2) is 11.5 Å². The molecular formula is C10H12S. The van der Waals surface area contributed by atoms with Gasteiger partial charge in [-0.25, -0.2) is 0 Å². The van der Waals surface area contributed by atoms with Crippen molar-refractivity contribution in [3.63, 3.8) is 0 Å². The largest absolute Gasteiger partial charge is 0.148 e. The molecule has 0 bridgehead atoms. The van der Waals surface area contributed by atoms with Crippen LogP contribution in [-0.4, -0.2) is 0 Å². The highest BCUT2D eigenvalue weighted by molar-refractivity contribution is 7.10. The van der Waals surface area contributed by atoms with Gasteiger partial charge < -0.3 is 0 Å². The number of hydrogen-bond acceptors (Lipinski definition) is 1. The average molecular weight is 164 g/mol. The van der Waals surface area contributed by atoms with Crippen LogP contribution in [0.5, 0.6) is 0 Å². The summed E-state index contributed by atoms with van der Waals surface area (Å²) in [6.45, 7) is 4.46. The maximum absolute atomic E-state index is 2.31. The molecule has 0 fully saturated rings. The van der Waals surface area contributed by atoms with Crippen LogP contribution in [0, 0.1) is 12.8 Å². The number of thiophene rings is 1. The summed E-state index contributed by atoms with van der Waals surface area (Å²) in [5.74, 6) is 0.737. The summed E-state index contributed by atoms with van der Waals surface area (Å²) in [5, 5.41) is 2.26. The average Bonchev–Trinajstić information content (AvgIpc) is 2.32. The summed E-state index contributed by atoms with van der Waals surface area (Å²) in [7, 11) is 0. The van der Waals surface area contributed by atoms with Gasteiger partial charge in [0.25, 0.3) is 0 Å². The Morgan fingerprint density at radius 3 is 3.18 bits per heavy atom. The fraction of sp³-hybridized carbons (Fsp3) is 0.400. The quantitative estimate of drug-likeness (QED) is 0.552. The molecule has 2 rings (SSSR count). The van der Waals surface area contributed by atoms with Crippen LogP contribution in [0.3, 0.4) is 0 Å². The van der Waals surface area contributed by atoms with Crippen molar-refractivity contribution in [2.24, 2.45) is 5.92 Å². The van der Waals surface area contributed by atoms with Gasteiger partial charge in [-0.3, -0.25) is 0 Å². The molecule has 1 heterocycles. The second-order valence-electron chi connectivity index (χ2n) is 3.30. The lowest BCUT2D eigenvalue weighted by Gasteiger charge is -2.11. The van der Waals surface area contributed by atoms with E-state index in [4.69, 9.17) is 0 Å². The van der Waals surface area contributed by atoms with Gasteiger partial charge in [-0.2, -0.15) is 0 Å². The summed E-state index contributed by atoms with van der Waals surface area (Å²) in [4.78, 5) is 1.57. The molecular weight excluding hydrogens is 152 g/mol. The van der Waals surface area contributed by atoms with Crippen LogP contribution in [0.4, 0.5) is 0 Å². The van der Waals surface area contributed by atoms with Gasteiger partial charge in [0.2, 0.25) is 0 Å². The Bertz CT molecular complexity index is 294. The smallest absolute Gasteiger partial charge is 0.0126 e. The highest BCUT2D eigenvalue weighted by atomic mass is 32.1. The van der Waals surface area contributed by atoms with Crippen LogP contribution in [0.2, 0.25) is 0 Å². The highest BCUT2D eigenvalue weighted by Gasteiger charge is 2.12. The van der Waals surface area contributed by atoms with Gasteiger partial charge in [0.05, 0.1) is 0 Å². The zero-order valence-corrected chi connectivity index (χ0v) is 7.74. The van der Waals surface area contributed by atoms with E-state index in [9.17, 15) is 0 Å². The monoisotopic (exact) mass is 164 g/mol. The summed E-state index contributed by atoms with van der Waals surface area (Å²) in [6.07, 6.45) is 5.82. The van der Waals surface area contributed by atoms with Crippen molar-refractivity contribution < 1.29 is 0 Å². The van der Waals surface area contributed by atoms with Gasteiger partial charge in [-0.15, -0.1) is 11.3 Å². The lowest BCUT2D eigenvalue weighted by Crippen LogP contribution is -1.99. The van der Waals surface area contributed by atoms with E-state index >= 15 is 0 Å². The van der Waals surface area contributed by atoms with Crippen molar-refractivity contribution in [1.29, 1.82) is 0 Å². The Hall–Kier alpha value is -0.560. The lowest BCUT2D eigenvalue weighted by molar-refractivity contribution is 0.727. The molecule has 58 valence electrons.